The number of esters is 1. The molecule has 1 aliphatic heterocycles. The summed E-state index contributed by atoms with van der Waals surface area (Å²) in [5.41, 5.74) is -3.11. The molecule has 1 aliphatic rings. The number of carbonyl (C=O) groups excluding carboxylic acids is 2. The number of nitrogens with zero attached hydrogens (tertiary/aromatic N) is 1. The van der Waals surface area contributed by atoms with Crippen molar-refractivity contribution in [3.05, 3.63) is 52.6 Å². The standard InChI is InChI=1S/C26H27F6NO6/c1-6-38-24(35)33-13(2)7-19(18-11-21(36-4)22(37-5)12-20(18)33)23(39-14(3)34)15-8-16(25(27,28)29)10-17(9-15)26(30,31)32/h8-13,19,23H,6-7H2,1-5H3/t13-,19-,23+/m0/s1. The number of carbonyl (C=O) groups is 2. The van der Waals surface area contributed by atoms with E-state index in [1.807, 2.05) is 0 Å². The van der Waals surface area contributed by atoms with Crippen LogP contribution in [-0.4, -0.2) is 38.9 Å². The summed E-state index contributed by atoms with van der Waals surface area (Å²) in [5, 5.41) is 0. The molecule has 3 atom stereocenters. The van der Waals surface area contributed by atoms with Crippen molar-refractivity contribution in [1.82, 2.24) is 0 Å². The summed E-state index contributed by atoms with van der Waals surface area (Å²) < 4.78 is 103. The highest BCUT2D eigenvalue weighted by atomic mass is 19.4. The molecule has 13 heteroatoms. The van der Waals surface area contributed by atoms with Crippen LogP contribution in [-0.2, 0) is 26.6 Å². The van der Waals surface area contributed by atoms with Crippen molar-refractivity contribution in [2.75, 3.05) is 25.7 Å². The molecule has 0 N–H and O–H groups in total. The van der Waals surface area contributed by atoms with Crippen LogP contribution in [0, 0.1) is 0 Å². The Labute approximate surface area is 220 Å². The molecule has 0 aromatic heterocycles. The minimum Gasteiger partial charge on any atom is -0.493 e. The van der Waals surface area contributed by atoms with Crippen LogP contribution in [0.4, 0.5) is 36.8 Å². The summed E-state index contributed by atoms with van der Waals surface area (Å²) in [6, 6.07) is 3.31. The van der Waals surface area contributed by atoms with E-state index >= 15 is 0 Å². The Balaban J connectivity index is 2.31. The smallest absolute Gasteiger partial charge is 0.416 e. The van der Waals surface area contributed by atoms with Crippen molar-refractivity contribution in [1.29, 1.82) is 0 Å². The van der Waals surface area contributed by atoms with Gasteiger partial charge < -0.3 is 18.9 Å². The fourth-order valence-electron chi connectivity index (χ4n) is 4.69. The quantitative estimate of drug-likeness (QED) is 0.282. The van der Waals surface area contributed by atoms with Crippen LogP contribution in [0.15, 0.2) is 30.3 Å². The number of fused-ring (bicyclic) bond motifs is 1. The summed E-state index contributed by atoms with van der Waals surface area (Å²) in [7, 11) is 2.69. The van der Waals surface area contributed by atoms with Gasteiger partial charge in [-0.3, -0.25) is 9.69 Å². The zero-order valence-electron chi connectivity index (χ0n) is 21.7. The molecule has 0 bridgehead atoms. The number of hydrogen-bond donors (Lipinski definition) is 0. The number of methoxy groups -OCH3 is 2. The predicted molar refractivity (Wildman–Crippen MR) is 127 cm³/mol. The molecule has 214 valence electrons. The molecule has 7 nitrogen and oxygen atoms in total. The summed E-state index contributed by atoms with van der Waals surface area (Å²) in [6.45, 7) is 4.28. The van der Waals surface area contributed by atoms with E-state index in [2.05, 4.69) is 0 Å². The van der Waals surface area contributed by atoms with Gasteiger partial charge in [-0.05, 0) is 55.7 Å². The molecule has 0 saturated carbocycles. The monoisotopic (exact) mass is 563 g/mol. The number of benzene rings is 2. The Kier molecular flexibility index (Phi) is 8.61. The van der Waals surface area contributed by atoms with Gasteiger partial charge in [-0.2, -0.15) is 26.3 Å². The van der Waals surface area contributed by atoms with Crippen LogP contribution in [0.3, 0.4) is 0 Å². The van der Waals surface area contributed by atoms with Gasteiger partial charge in [0.25, 0.3) is 0 Å². The second-order valence-electron chi connectivity index (χ2n) is 8.90. The van der Waals surface area contributed by atoms with Gasteiger partial charge in [0.05, 0.1) is 37.6 Å². The van der Waals surface area contributed by atoms with Crippen molar-refractivity contribution in [3.63, 3.8) is 0 Å². The van der Waals surface area contributed by atoms with E-state index in [1.54, 1.807) is 13.8 Å². The molecule has 2 aromatic carbocycles. The normalized spacial score (nSPS) is 18.2. The lowest BCUT2D eigenvalue weighted by Gasteiger charge is -2.41. The number of ether oxygens (including phenoxy) is 4. The SMILES string of the molecule is CCOC(=O)N1c2cc(OC)c(OC)cc2[C@@H]([C@H](OC(C)=O)c2cc(C(F)(F)F)cc(C(F)(F)F)c2)C[C@@H]1C. The fourth-order valence-corrected chi connectivity index (χ4v) is 4.69. The Morgan fingerprint density at radius 1 is 0.949 bits per heavy atom. The molecule has 1 amide bonds. The van der Waals surface area contributed by atoms with Crippen molar-refractivity contribution in [3.8, 4) is 11.5 Å². The van der Waals surface area contributed by atoms with Crippen LogP contribution in [0.5, 0.6) is 11.5 Å². The van der Waals surface area contributed by atoms with Gasteiger partial charge in [0.2, 0.25) is 0 Å². The number of hydrogen-bond acceptors (Lipinski definition) is 6. The summed E-state index contributed by atoms with van der Waals surface area (Å²) in [6.07, 6.45) is -12.5. The Morgan fingerprint density at radius 2 is 1.49 bits per heavy atom. The second-order valence-corrected chi connectivity index (χ2v) is 8.90. The van der Waals surface area contributed by atoms with E-state index in [0.29, 0.717) is 12.1 Å². The number of anilines is 1. The van der Waals surface area contributed by atoms with E-state index in [9.17, 15) is 35.9 Å². The van der Waals surface area contributed by atoms with Gasteiger partial charge in [-0.25, -0.2) is 4.79 Å². The summed E-state index contributed by atoms with van der Waals surface area (Å²) >= 11 is 0. The van der Waals surface area contributed by atoms with Crippen molar-refractivity contribution >= 4 is 17.7 Å². The fraction of sp³-hybridized carbons (Fsp3) is 0.462. The highest BCUT2D eigenvalue weighted by molar-refractivity contribution is 5.91. The first-order chi connectivity index (χ1) is 18.1. The maximum atomic E-state index is 13.6. The van der Waals surface area contributed by atoms with Crippen LogP contribution >= 0.6 is 0 Å². The Morgan fingerprint density at radius 3 is 1.95 bits per heavy atom. The molecule has 0 fully saturated rings. The minimum absolute atomic E-state index is 0.00213. The number of rotatable bonds is 6. The zero-order chi connectivity index (χ0) is 29.3. The molecule has 1 heterocycles. The lowest BCUT2D eigenvalue weighted by atomic mass is 9.79. The minimum atomic E-state index is -5.11. The van der Waals surface area contributed by atoms with Crippen LogP contribution in [0.25, 0.3) is 0 Å². The highest BCUT2D eigenvalue weighted by Gasteiger charge is 2.43. The van der Waals surface area contributed by atoms with E-state index in [1.165, 1.54) is 31.3 Å². The molecule has 39 heavy (non-hydrogen) atoms. The molecular weight excluding hydrogens is 536 g/mol. The molecule has 0 unspecified atom stereocenters. The van der Waals surface area contributed by atoms with Gasteiger partial charge in [0.1, 0.15) is 6.10 Å². The topological polar surface area (TPSA) is 74.3 Å². The van der Waals surface area contributed by atoms with E-state index < -0.39 is 59.2 Å². The van der Waals surface area contributed by atoms with Crippen LogP contribution < -0.4 is 14.4 Å². The number of halogens is 6. The first-order valence-corrected chi connectivity index (χ1v) is 11.8. The van der Waals surface area contributed by atoms with Crippen LogP contribution in [0.1, 0.15) is 61.5 Å². The van der Waals surface area contributed by atoms with Gasteiger partial charge in [-0.15, -0.1) is 0 Å². The molecule has 3 rings (SSSR count). The van der Waals surface area contributed by atoms with E-state index in [4.69, 9.17) is 18.9 Å². The average molecular weight is 563 g/mol. The molecule has 0 aliphatic carbocycles. The average Bonchev–Trinajstić information content (AvgIpc) is 2.84. The maximum absolute atomic E-state index is 13.6. The summed E-state index contributed by atoms with van der Waals surface area (Å²) in [4.78, 5) is 26.3. The third kappa shape index (κ3) is 6.34. The van der Waals surface area contributed by atoms with Crippen molar-refractivity contribution in [2.45, 2.75) is 57.6 Å². The molecule has 0 radical (unpaired) electrons. The first kappa shape index (κ1) is 29.9. The van der Waals surface area contributed by atoms with E-state index in [0.717, 1.165) is 6.92 Å². The van der Waals surface area contributed by atoms with Gasteiger partial charge in [0.15, 0.2) is 11.5 Å². The van der Waals surface area contributed by atoms with Gasteiger partial charge in [0, 0.05) is 24.9 Å². The first-order valence-electron chi connectivity index (χ1n) is 11.8. The van der Waals surface area contributed by atoms with Gasteiger partial charge >= 0.3 is 24.4 Å². The van der Waals surface area contributed by atoms with Crippen molar-refractivity contribution < 1.29 is 54.9 Å². The molecule has 0 saturated heterocycles. The Bertz CT molecular complexity index is 1200. The van der Waals surface area contributed by atoms with Gasteiger partial charge in [-0.1, -0.05) is 0 Å². The third-order valence-electron chi connectivity index (χ3n) is 6.29. The molecule has 2 aromatic rings. The zero-order valence-corrected chi connectivity index (χ0v) is 21.7. The molecule has 0 spiro atoms. The number of alkyl halides is 6. The largest absolute Gasteiger partial charge is 0.493 e. The lowest BCUT2D eigenvalue weighted by Crippen LogP contribution is -2.44. The van der Waals surface area contributed by atoms with Crippen molar-refractivity contribution in [2.24, 2.45) is 0 Å². The summed E-state index contributed by atoms with van der Waals surface area (Å²) in [5.74, 6) is -1.51. The Hall–Kier alpha value is -3.64. The van der Waals surface area contributed by atoms with Crippen LogP contribution in [0.2, 0.25) is 0 Å². The maximum Gasteiger partial charge on any atom is 0.416 e. The number of amides is 1. The third-order valence-corrected chi connectivity index (χ3v) is 6.29. The predicted octanol–water partition coefficient (Wildman–Crippen LogP) is 6.88. The van der Waals surface area contributed by atoms with E-state index in [-0.39, 0.29) is 41.8 Å². The molecular formula is C26H27F6NO6. The second kappa shape index (κ2) is 11.2. The highest BCUT2D eigenvalue weighted by Crippen LogP contribution is 2.51. The lowest BCUT2D eigenvalue weighted by molar-refractivity contribution is -0.148.